The molecule has 0 aromatic carbocycles. The van der Waals surface area contributed by atoms with Gasteiger partial charge >= 0.3 is 0 Å². The summed E-state index contributed by atoms with van der Waals surface area (Å²) < 4.78 is 27.7. The van der Waals surface area contributed by atoms with Gasteiger partial charge in [-0.05, 0) is 31.2 Å². The molecule has 8 nitrogen and oxygen atoms in total. The molecule has 0 unspecified atom stereocenters. The van der Waals surface area contributed by atoms with Gasteiger partial charge in [-0.1, -0.05) is 16.9 Å². The second kappa shape index (κ2) is 8.21. The van der Waals surface area contributed by atoms with E-state index in [1.54, 1.807) is 24.4 Å². The quantitative estimate of drug-likeness (QED) is 0.557. The molecule has 0 spiro atoms. The molecule has 0 aliphatic rings. The Morgan fingerprint density at radius 2 is 2.19 bits per heavy atom. The highest BCUT2D eigenvalue weighted by Crippen LogP contribution is 2.24. The zero-order valence-electron chi connectivity index (χ0n) is 14.2. The van der Waals surface area contributed by atoms with Crippen molar-refractivity contribution in [2.24, 2.45) is 5.14 Å². The Bertz CT molecular complexity index is 1060. The Morgan fingerprint density at radius 3 is 2.85 bits per heavy atom. The van der Waals surface area contributed by atoms with Gasteiger partial charge < -0.3 is 9.84 Å². The predicted octanol–water partition coefficient (Wildman–Crippen LogP) is 2.31. The van der Waals surface area contributed by atoms with Crippen molar-refractivity contribution in [3.63, 3.8) is 0 Å². The fraction of sp³-hybridized carbons (Fsp3) is 0.188. The lowest BCUT2D eigenvalue weighted by atomic mass is 10.2. The van der Waals surface area contributed by atoms with E-state index in [4.69, 9.17) is 9.66 Å². The third-order valence-corrected chi connectivity index (χ3v) is 6.95. The van der Waals surface area contributed by atoms with Crippen LogP contribution in [0.4, 0.5) is 0 Å². The minimum Gasteiger partial charge on any atom is -0.361 e. The van der Waals surface area contributed by atoms with Crippen LogP contribution < -0.4 is 10.5 Å². The number of primary sulfonamides is 1. The van der Waals surface area contributed by atoms with Crippen LogP contribution in [0.15, 0.2) is 50.3 Å². The number of sulfonamides is 1. The number of aromatic nitrogens is 2. The van der Waals surface area contributed by atoms with E-state index in [-0.39, 0.29) is 16.7 Å². The molecule has 0 aliphatic heterocycles. The fourth-order valence-corrected chi connectivity index (χ4v) is 4.77. The number of hydrogen-bond acceptors (Lipinski definition) is 8. The smallest absolute Gasteiger partial charge is 0.254 e. The van der Waals surface area contributed by atoms with Gasteiger partial charge in [-0.2, -0.15) is 0 Å². The number of nitrogens with two attached hydrogens (primary N) is 1. The molecule has 0 saturated carbocycles. The zero-order valence-corrected chi connectivity index (χ0v) is 16.7. The molecule has 3 aromatic rings. The summed E-state index contributed by atoms with van der Waals surface area (Å²) in [5.74, 6) is 0.948. The highest BCUT2D eigenvalue weighted by Gasteiger charge is 2.15. The van der Waals surface area contributed by atoms with Crippen LogP contribution in [0, 0.1) is 6.92 Å². The number of aryl methyl sites for hydroxylation is 1. The Labute approximate surface area is 164 Å². The van der Waals surface area contributed by atoms with E-state index < -0.39 is 10.0 Å². The van der Waals surface area contributed by atoms with E-state index in [0.29, 0.717) is 21.2 Å². The molecular weight excluding hydrogens is 408 g/mol. The normalized spacial score (nSPS) is 11.5. The first-order valence-electron chi connectivity index (χ1n) is 7.72. The van der Waals surface area contributed by atoms with E-state index in [9.17, 15) is 13.2 Å². The molecule has 3 N–H and O–H groups in total. The van der Waals surface area contributed by atoms with Crippen LogP contribution in [0.2, 0.25) is 0 Å². The van der Waals surface area contributed by atoms with Gasteiger partial charge in [0, 0.05) is 22.9 Å². The Balaban J connectivity index is 1.65. The van der Waals surface area contributed by atoms with Crippen LogP contribution in [0.3, 0.4) is 0 Å². The van der Waals surface area contributed by atoms with Crippen LogP contribution >= 0.6 is 23.1 Å². The number of thiophene rings is 1. The van der Waals surface area contributed by atoms with Gasteiger partial charge in [-0.15, -0.1) is 11.3 Å². The topological polar surface area (TPSA) is 128 Å². The molecular formula is C16H16N4O4S3. The van der Waals surface area contributed by atoms with Gasteiger partial charge in [-0.3, -0.25) is 4.79 Å². The van der Waals surface area contributed by atoms with Crippen molar-refractivity contribution in [3.8, 4) is 0 Å². The van der Waals surface area contributed by atoms with Crippen molar-refractivity contribution in [3.05, 3.63) is 58.4 Å². The average molecular weight is 425 g/mol. The lowest BCUT2D eigenvalue weighted by Gasteiger charge is -2.08. The monoisotopic (exact) mass is 424 g/mol. The number of carbonyl (C=O) groups excluding carboxylic acids is 1. The summed E-state index contributed by atoms with van der Waals surface area (Å²) in [5, 5.41) is 12.4. The SMILES string of the molecule is Cc1cc(CSc2ncccc2C(=O)NCc2ccc(S(N)(=O)=O)s2)no1. The Morgan fingerprint density at radius 1 is 1.37 bits per heavy atom. The van der Waals surface area contributed by atoms with Gasteiger partial charge in [0.05, 0.1) is 17.8 Å². The van der Waals surface area contributed by atoms with Gasteiger partial charge in [0.25, 0.3) is 5.91 Å². The van der Waals surface area contributed by atoms with Crippen molar-refractivity contribution in [1.82, 2.24) is 15.5 Å². The number of nitrogens with one attached hydrogen (secondary N) is 1. The van der Waals surface area contributed by atoms with Crippen LogP contribution in [0.25, 0.3) is 0 Å². The molecule has 27 heavy (non-hydrogen) atoms. The summed E-state index contributed by atoms with van der Waals surface area (Å²) in [6.45, 7) is 2.01. The highest BCUT2D eigenvalue weighted by atomic mass is 32.2. The molecule has 0 saturated heterocycles. The predicted molar refractivity (Wildman–Crippen MR) is 102 cm³/mol. The molecule has 0 fully saturated rings. The Hall–Kier alpha value is -2.21. The van der Waals surface area contributed by atoms with Crippen LogP contribution in [-0.4, -0.2) is 24.5 Å². The largest absolute Gasteiger partial charge is 0.361 e. The number of carbonyl (C=O) groups is 1. The molecule has 0 aliphatic carbocycles. The molecule has 3 heterocycles. The summed E-state index contributed by atoms with van der Waals surface area (Å²) in [7, 11) is -3.73. The number of amides is 1. The summed E-state index contributed by atoms with van der Waals surface area (Å²) in [5.41, 5.74) is 1.20. The number of thioether (sulfide) groups is 1. The van der Waals surface area contributed by atoms with Gasteiger partial charge in [0.2, 0.25) is 10.0 Å². The summed E-state index contributed by atoms with van der Waals surface area (Å²) >= 11 is 2.41. The molecule has 0 bridgehead atoms. The van der Waals surface area contributed by atoms with Crippen LogP contribution in [-0.2, 0) is 22.3 Å². The zero-order chi connectivity index (χ0) is 19.4. The fourth-order valence-electron chi connectivity index (χ4n) is 2.18. The average Bonchev–Trinajstić information content (AvgIpc) is 3.27. The van der Waals surface area contributed by atoms with E-state index in [1.807, 2.05) is 13.0 Å². The number of nitrogens with zero attached hydrogens (tertiary/aromatic N) is 2. The van der Waals surface area contributed by atoms with Gasteiger partial charge in [0.1, 0.15) is 15.0 Å². The summed E-state index contributed by atoms with van der Waals surface area (Å²) in [6.07, 6.45) is 1.62. The summed E-state index contributed by atoms with van der Waals surface area (Å²) in [4.78, 5) is 17.5. The van der Waals surface area contributed by atoms with Crippen molar-refractivity contribution in [2.45, 2.75) is 28.5 Å². The molecule has 11 heteroatoms. The third kappa shape index (κ3) is 5.16. The Kier molecular flexibility index (Phi) is 5.95. The van der Waals surface area contributed by atoms with Gasteiger partial charge in [-0.25, -0.2) is 18.5 Å². The van der Waals surface area contributed by atoms with E-state index >= 15 is 0 Å². The molecule has 0 radical (unpaired) electrons. The number of rotatable bonds is 7. The molecule has 3 aromatic heterocycles. The van der Waals surface area contributed by atoms with Crippen molar-refractivity contribution in [2.75, 3.05) is 0 Å². The third-order valence-electron chi connectivity index (χ3n) is 3.39. The maximum absolute atomic E-state index is 12.5. The standard InChI is InChI=1S/C16H16N4O4S3/c1-10-7-11(20-24-10)9-25-16-13(3-2-6-18-16)15(21)19-8-12-4-5-14(26-12)27(17,22)23/h2-7H,8-9H2,1H3,(H,19,21)(H2,17,22,23). The minimum absolute atomic E-state index is 0.0623. The maximum Gasteiger partial charge on any atom is 0.254 e. The van der Waals surface area contributed by atoms with Crippen LogP contribution in [0.1, 0.15) is 26.7 Å². The van der Waals surface area contributed by atoms with Crippen molar-refractivity contribution >= 4 is 39.0 Å². The molecule has 1 amide bonds. The van der Waals surface area contributed by atoms with Gasteiger partial charge in [0.15, 0.2) is 0 Å². The van der Waals surface area contributed by atoms with E-state index in [0.717, 1.165) is 22.8 Å². The van der Waals surface area contributed by atoms with Crippen LogP contribution in [0.5, 0.6) is 0 Å². The second-order valence-electron chi connectivity index (χ2n) is 5.52. The van der Waals surface area contributed by atoms with E-state index in [2.05, 4.69) is 15.5 Å². The van der Waals surface area contributed by atoms with Crippen molar-refractivity contribution in [1.29, 1.82) is 0 Å². The first-order valence-corrected chi connectivity index (χ1v) is 11.1. The summed E-state index contributed by atoms with van der Waals surface area (Å²) in [6, 6.07) is 8.24. The number of hydrogen-bond donors (Lipinski definition) is 2. The molecule has 0 atom stereocenters. The lowest BCUT2D eigenvalue weighted by molar-refractivity contribution is 0.0947. The first-order chi connectivity index (χ1) is 12.8. The lowest BCUT2D eigenvalue weighted by Crippen LogP contribution is -2.23. The van der Waals surface area contributed by atoms with Crippen molar-refractivity contribution < 1.29 is 17.7 Å². The first kappa shape index (κ1) is 19.5. The van der Waals surface area contributed by atoms with E-state index in [1.165, 1.54) is 17.8 Å². The second-order valence-corrected chi connectivity index (χ2v) is 9.44. The molecule has 142 valence electrons. The minimum atomic E-state index is -3.73. The molecule has 3 rings (SSSR count). The number of pyridine rings is 1. The maximum atomic E-state index is 12.5. The highest BCUT2D eigenvalue weighted by molar-refractivity contribution is 7.98.